The van der Waals surface area contributed by atoms with Crippen LogP contribution in [0.25, 0.3) is 0 Å². The highest BCUT2D eigenvalue weighted by molar-refractivity contribution is 7.89. The van der Waals surface area contributed by atoms with Crippen LogP contribution in [0.2, 0.25) is 0 Å². The lowest BCUT2D eigenvalue weighted by Crippen LogP contribution is -2.25. The van der Waals surface area contributed by atoms with Gasteiger partial charge in [0, 0.05) is 19.8 Å². The van der Waals surface area contributed by atoms with Gasteiger partial charge in [0.15, 0.2) is 0 Å². The molecule has 0 aliphatic heterocycles. The first kappa shape index (κ1) is 17.7. The van der Waals surface area contributed by atoms with Gasteiger partial charge in [-0.3, -0.25) is 0 Å². The molecule has 1 N–H and O–H groups in total. The molecule has 0 unspecified atom stereocenters. The Hall–Kier alpha value is -1.32. The van der Waals surface area contributed by atoms with Crippen LogP contribution in [0.3, 0.4) is 0 Å². The third-order valence-corrected chi connectivity index (χ3v) is 3.81. The number of sulfonamides is 1. The van der Waals surface area contributed by atoms with Crippen molar-refractivity contribution >= 4 is 10.0 Å². The maximum atomic E-state index is 12.0. The van der Waals surface area contributed by atoms with E-state index in [1.165, 1.54) is 0 Å². The minimum absolute atomic E-state index is 0.131. The van der Waals surface area contributed by atoms with E-state index in [2.05, 4.69) is 9.46 Å². The third-order valence-electron chi connectivity index (χ3n) is 2.33. The molecule has 9 heteroatoms. The molecule has 0 amide bonds. The second kappa shape index (κ2) is 7.62. The molecule has 120 valence electrons. The van der Waals surface area contributed by atoms with Crippen molar-refractivity contribution in [2.75, 3.05) is 19.8 Å². The Morgan fingerprint density at radius 3 is 2.33 bits per heavy atom. The quantitative estimate of drug-likeness (QED) is 0.744. The van der Waals surface area contributed by atoms with Crippen LogP contribution in [0, 0.1) is 0 Å². The number of ether oxygens (including phenoxy) is 2. The lowest BCUT2D eigenvalue weighted by Gasteiger charge is -2.10. The molecule has 0 aliphatic carbocycles. The van der Waals surface area contributed by atoms with Crippen molar-refractivity contribution in [3.63, 3.8) is 0 Å². The highest BCUT2D eigenvalue weighted by Gasteiger charge is 2.31. The molecule has 0 spiro atoms. The van der Waals surface area contributed by atoms with E-state index in [9.17, 15) is 21.6 Å². The summed E-state index contributed by atoms with van der Waals surface area (Å²) in [6, 6.07) is 3.99. The maximum absolute atomic E-state index is 12.0. The number of nitrogens with one attached hydrogen (secondary N) is 1. The normalized spacial score (nSPS) is 12.4. The van der Waals surface area contributed by atoms with Crippen LogP contribution >= 0.6 is 0 Å². The lowest BCUT2D eigenvalue weighted by molar-refractivity contribution is -0.274. The third kappa shape index (κ3) is 6.78. The van der Waals surface area contributed by atoms with Gasteiger partial charge in [0.25, 0.3) is 0 Å². The summed E-state index contributed by atoms with van der Waals surface area (Å²) in [5, 5.41) is 0. The van der Waals surface area contributed by atoms with Gasteiger partial charge < -0.3 is 9.47 Å². The number of benzene rings is 1. The standard InChI is InChI=1S/C12H16F3NO4S/c1-2-19-9-3-8-16-21(17,18)11-6-4-10(5-7-11)20-12(13,14)15/h4-7,16H,2-3,8-9H2,1H3. The van der Waals surface area contributed by atoms with Crippen molar-refractivity contribution in [1.82, 2.24) is 4.72 Å². The van der Waals surface area contributed by atoms with E-state index in [1.807, 2.05) is 6.92 Å². The Balaban J connectivity index is 2.59. The Bertz CT molecular complexity index is 528. The van der Waals surface area contributed by atoms with Gasteiger partial charge in [-0.2, -0.15) is 0 Å². The molecule has 0 saturated carbocycles. The van der Waals surface area contributed by atoms with Crippen LogP contribution < -0.4 is 9.46 Å². The monoisotopic (exact) mass is 327 g/mol. The maximum Gasteiger partial charge on any atom is 0.573 e. The fourth-order valence-electron chi connectivity index (χ4n) is 1.43. The zero-order valence-corrected chi connectivity index (χ0v) is 12.1. The van der Waals surface area contributed by atoms with E-state index in [4.69, 9.17) is 4.74 Å². The number of hydrogen-bond acceptors (Lipinski definition) is 4. The summed E-state index contributed by atoms with van der Waals surface area (Å²) in [6.45, 7) is 2.99. The minimum Gasteiger partial charge on any atom is -0.406 e. The van der Waals surface area contributed by atoms with Crippen LogP contribution in [-0.2, 0) is 14.8 Å². The van der Waals surface area contributed by atoms with Gasteiger partial charge in [0.05, 0.1) is 4.90 Å². The smallest absolute Gasteiger partial charge is 0.406 e. The number of alkyl halides is 3. The molecule has 0 radical (unpaired) electrons. The first-order valence-electron chi connectivity index (χ1n) is 6.18. The molecule has 1 aromatic carbocycles. The van der Waals surface area contributed by atoms with Crippen LogP contribution in [0.4, 0.5) is 13.2 Å². The molecule has 1 rings (SSSR count). The van der Waals surface area contributed by atoms with Gasteiger partial charge >= 0.3 is 6.36 Å². The summed E-state index contributed by atoms with van der Waals surface area (Å²) in [7, 11) is -3.75. The van der Waals surface area contributed by atoms with Gasteiger partial charge in [-0.1, -0.05) is 0 Å². The Kier molecular flexibility index (Phi) is 6.43. The molecule has 1 aromatic rings. The molecule has 0 atom stereocenters. The number of halogens is 3. The highest BCUT2D eigenvalue weighted by atomic mass is 32.2. The second-order valence-electron chi connectivity index (χ2n) is 3.97. The topological polar surface area (TPSA) is 64.6 Å². The van der Waals surface area contributed by atoms with Crippen LogP contribution in [0.5, 0.6) is 5.75 Å². The van der Waals surface area contributed by atoms with E-state index in [0.717, 1.165) is 24.3 Å². The summed E-state index contributed by atoms with van der Waals surface area (Å²) < 4.78 is 70.7. The lowest BCUT2D eigenvalue weighted by atomic mass is 10.3. The molecular weight excluding hydrogens is 311 g/mol. The van der Waals surface area contributed by atoms with Crippen LogP contribution in [0.15, 0.2) is 29.2 Å². The molecule has 0 fully saturated rings. The molecule has 5 nitrogen and oxygen atoms in total. The largest absolute Gasteiger partial charge is 0.573 e. The van der Waals surface area contributed by atoms with Gasteiger partial charge in [0.2, 0.25) is 10.0 Å². The average molecular weight is 327 g/mol. The molecule has 0 saturated heterocycles. The number of rotatable bonds is 8. The van der Waals surface area contributed by atoms with Gasteiger partial charge in [-0.25, -0.2) is 13.1 Å². The van der Waals surface area contributed by atoms with Crippen molar-refractivity contribution in [2.45, 2.75) is 24.6 Å². The van der Waals surface area contributed by atoms with Gasteiger partial charge in [0.1, 0.15) is 5.75 Å². The predicted octanol–water partition coefficient (Wildman–Crippen LogP) is 2.29. The first-order chi connectivity index (χ1) is 9.74. The zero-order valence-electron chi connectivity index (χ0n) is 11.3. The van der Waals surface area contributed by atoms with E-state index in [-0.39, 0.29) is 11.4 Å². The summed E-state index contributed by atoms with van der Waals surface area (Å²) in [5.41, 5.74) is 0. The molecule has 0 bridgehead atoms. The second-order valence-corrected chi connectivity index (χ2v) is 5.73. The van der Waals surface area contributed by atoms with E-state index < -0.39 is 22.1 Å². The van der Waals surface area contributed by atoms with Crippen molar-refractivity contribution < 1.29 is 31.1 Å². The van der Waals surface area contributed by atoms with Crippen molar-refractivity contribution in [2.24, 2.45) is 0 Å². The SMILES string of the molecule is CCOCCCNS(=O)(=O)c1ccc(OC(F)(F)F)cc1. The Labute approximate surface area is 121 Å². The zero-order chi connectivity index (χ0) is 15.9. The van der Waals surface area contributed by atoms with E-state index >= 15 is 0 Å². The Morgan fingerprint density at radius 2 is 1.81 bits per heavy atom. The molecule has 0 aromatic heterocycles. The average Bonchev–Trinajstić information content (AvgIpc) is 2.37. The van der Waals surface area contributed by atoms with Crippen molar-refractivity contribution in [1.29, 1.82) is 0 Å². The van der Waals surface area contributed by atoms with E-state index in [1.54, 1.807) is 0 Å². The van der Waals surface area contributed by atoms with E-state index in [0.29, 0.717) is 19.6 Å². The fraction of sp³-hybridized carbons (Fsp3) is 0.500. The molecule has 21 heavy (non-hydrogen) atoms. The Morgan fingerprint density at radius 1 is 1.19 bits per heavy atom. The van der Waals surface area contributed by atoms with Crippen LogP contribution in [0.1, 0.15) is 13.3 Å². The van der Waals surface area contributed by atoms with Crippen LogP contribution in [-0.4, -0.2) is 34.5 Å². The van der Waals surface area contributed by atoms with Crippen molar-refractivity contribution in [3.05, 3.63) is 24.3 Å². The van der Waals surface area contributed by atoms with Crippen molar-refractivity contribution in [3.8, 4) is 5.75 Å². The first-order valence-corrected chi connectivity index (χ1v) is 7.66. The highest BCUT2D eigenvalue weighted by Crippen LogP contribution is 2.23. The molecule has 0 aliphatic rings. The fourth-order valence-corrected chi connectivity index (χ4v) is 2.50. The summed E-state index contributed by atoms with van der Waals surface area (Å²) in [6.07, 6.45) is -4.31. The van der Waals surface area contributed by atoms with Gasteiger partial charge in [-0.15, -0.1) is 13.2 Å². The molecular formula is C12H16F3NO4S. The minimum atomic E-state index is -4.81. The van der Waals surface area contributed by atoms with Gasteiger partial charge in [-0.05, 0) is 37.6 Å². The molecule has 0 heterocycles. The summed E-state index contributed by atoms with van der Waals surface area (Å²) in [5.74, 6) is -0.474. The summed E-state index contributed by atoms with van der Waals surface area (Å²) >= 11 is 0. The summed E-state index contributed by atoms with van der Waals surface area (Å²) in [4.78, 5) is -0.131. The predicted molar refractivity (Wildman–Crippen MR) is 69.4 cm³/mol. The number of hydrogen-bond donors (Lipinski definition) is 1.